The summed E-state index contributed by atoms with van der Waals surface area (Å²) in [6.45, 7) is 4.36. The van der Waals surface area contributed by atoms with Crippen molar-refractivity contribution in [3.05, 3.63) is 65.9 Å². The molecule has 1 aromatic heterocycles. The van der Waals surface area contributed by atoms with Crippen LogP contribution in [-0.2, 0) is 6.54 Å². The van der Waals surface area contributed by atoms with Gasteiger partial charge in [-0.15, -0.1) is 0 Å². The van der Waals surface area contributed by atoms with Gasteiger partial charge in [-0.3, -0.25) is 4.90 Å². The largest absolute Gasteiger partial charge is 0.497 e. The van der Waals surface area contributed by atoms with E-state index in [1.807, 2.05) is 12.1 Å². The number of benzene rings is 2. The Morgan fingerprint density at radius 3 is 2.67 bits per heavy atom. The highest BCUT2D eigenvalue weighted by Crippen LogP contribution is 2.34. The SMILES string of the molecule is COc1ccc2[nH]cc(C3CCN(CC(O)CN(C)Cc4ccccc4)CC3)c2c1. The summed E-state index contributed by atoms with van der Waals surface area (Å²) in [6.07, 6.45) is 4.08. The predicted molar refractivity (Wildman–Crippen MR) is 122 cm³/mol. The summed E-state index contributed by atoms with van der Waals surface area (Å²) in [5, 5.41) is 11.9. The van der Waals surface area contributed by atoms with Gasteiger partial charge in [-0.25, -0.2) is 0 Å². The van der Waals surface area contributed by atoms with Gasteiger partial charge in [-0.1, -0.05) is 30.3 Å². The Balaban J connectivity index is 1.27. The number of β-amino-alcohol motifs (C(OH)–C–C–N with tert-alkyl or cyclic N) is 1. The van der Waals surface area contributed by atoms with E-state index in [1.165, 1.54) is 22.0 Å². The molecule has 0 radical (unpaired) electrons. The van der Waals surface area contributed by atoms with E-state index in [9.17, 15) is 5.11 Å². The van der Waals surface area contributed by atoms with Crippen LogP contribution in [0.2, 0.25) is 0 Å². The number of aromatic amines is 1. The smallest absolute Gasteiger partial charge is 0.119 e. The number of nitrogens with zero attached hydrogens (tertiary/aromatic N) is 2. The number of likely N-dealkylation sites (N-methyl/N-ethyl adjacent to an activating group) is 1. The fourth-order valence-corrected chi connectivity index (χ4v) is 4.69. The first-order valence-electron chi connectivity index (χ1n) is 10.9. The van der Waals surface area contributed by atoms with Crippen LogP contribution >= 0.6 is 0 Å². The molecule has 1 unspecified atom stereocenters. The maximum Gasteiger partial charge on any atom is 0.119 e. The van der Waals surface area contributed by atoms with Crippen LogP contribution in [0, 0.1) is 0 Å². The lowest BCUT2D eigenvalue weighted by atomic mass is 9.89. The Kier molecular flexibility index (Phi) is 6.72. The molecule has 0 amide bonds. The van der Waals surface area contributed by atoms with Crippen LogP contribution in [0.15, 0.2) is 54.7 Å². The number of aliphatic hydroxyl groups excluding tert-OH is 1. The highest BCUT2D eigenvalue weighted by molar-refractivity contribution is 5.85. The van der Waals surface area contributed by atoms with Gasteiger partial charge in [0.05, 0.1) is 13.2 Å². The second kappa shape index (κ2) is 9.65. The first-order chi connectivity index (χ1) is 14.6. The van der Waals surface area contributed by atoms with Crippen molar-refractivity contribution >= 4 is 10.9 Å². The zero-order valence-electron chi connectivity index (χ0n) is 18.1. The zero-order chi connectivity index (χ0) is 20.9. The minimum Gasteiger partial charge on any atom is -0.497 e. The van der Waals surface area contributed by atoms with Gasteiger partial charge in [-0.05, 0) is 68.2 Å². The maximum absolute atomic E-state index is 10.6. The molecule has 0 spiro atoms. The molecule has 1 aliphatic heterocycles. The fourth-order valence-electron chi connectivity index (χ4n) is 4.69. The molecule has 1 fully saturated rings. The Morgan fingerprint density at radius 1 is 1.17 bits per heavy atom. The van der Waals surface area contributed by atoms with E-state index in [1.54, 1.807) is 7.11 Å². The van der Waals surface area contributed by atoms with Crippen LogP contribution in [0.1, 0.15) is 29.9 Å². The molecular formula is C25H33N3O2. The Labute approximate surface area is 179 Å². The number of likely N-dealkylation sites (tertiary alicyclic amines) is 1. The third-order valence-corrected chi connectivity index (χ3v) is 6.24. The van der Waals surface area contributed by atoms with E-state index in [2.05, 4.69) is 64.4 Å². The standard InChI is InChI=1S/C25H33N3O2/c1-27(16-19-6-4-3-5-7-19)17-21(29)18-28-12-10-20(11-13-28)24-15-26-25-9-8-22(30-2)14-23(24)25/h3-9,14-15,20-21,26,29H,10-13,16-18H2,1-2H3. The van der Waals surface area contributed by atoms with Crippen LogP contribution in [0.5, 0.6) is 5.75 Å². The molecule has 2 N–H and O–H groups in total. The molecule has 0 bridgehead atoms. The molecule has 3 aromatic rings. The minimum absolute atomic E-state index is 0.326. The minimum atomic E-state index is -0.326. The highest BCUT2D eigenvalue weighted by atomic mass is 16.5. The molecule has 2 aromatic carbocycles. The molecule has 30 heavy (non-hydrogen) atoms. The average Bonchev–Trinajstić information content (AvgIpc) is 3.18. The van der Waals surface area contributed by atoms with Crippen molar-refractivity contribution in [3.8, 4) is 5.75 Å². The number of rotatable bonds is 8. The third kappa shape index (κ3) is 5.04. The molecule has 1 aliphatic rings. The number of aliphatic hydroxyl groups is 1. The van der Waals surface area contributed by atoms with Gasteiger partial charge in [0.1, 0.15) is 5.75 Å². The van der Waals surface area contributed by atoms with E-state index in [0.717, 1.165) is 44.8 Å². The van der Waals surface area contributed by atoms with Gasteiger partial charge in [0.25, 0.3) is 0 Å². The van der Waals surface area contributed by atoms with Crippen LogP contribution in [0.4, 0.5) is 0 Å². The molecule has 5 heteroatoms. The molecule has 0 aliphatic carbocycles. The fraction of sp³-hybridized carbons (Fsp3) is 0.440. The molecule has 0 saturated carbocycles. The average molecular weight is 408 g/mol. The quantitative estimate of drug-likeness (QED) is 0.596. The summed E-state index contributed by atoms with van der Waals surface area (Å²) in [5.74, 6) is 1.46. The second-order valence-corrected chi connectivity index (χ2v) is 8.57. The summed E-state index contributed by atoms with van der Waals surface area (Å²) in [6, 6.07) is 16.7. The summed E-state index contributed by atoms with van der Waals surface area (Å²) >= 11 is 0. The number of ether oxygens (including phenoxy) is 1. The van der Waals surface area contributed by atoms with Crippen LogP contribution in [0.25, 0.3) is 10.9 Å². The first kappa shape index (κ1) is 20.9. The lowest BCUT2D eigenvalue weighted by molar-refractivity contribution is 0.0699. The number of hydrogen-bond acceptors (Lipinski definition) is 4. The molecule has 1 saturated heterocycles. The van der Waals surface area contributed by atoms with Crippen molar-refractivity contribution in [1.82, 2.24) is 14.8 Å². The normalized spacial score (nSPS) is 16.9. The van der Waals surface area contributed by atoms with Gasteiger partial charge in [0, 0.05) is 36.7 Å². The van der Waals surface area contributed by atoms with E-state index in [0.29, 0.717) is 12.5 Å². The van der Waals surface area contributed by atoms with Gasteiger partial charge in [0.15, 0.2) is 0 Å². The lowest BCUT2D eigenvalue weighted by Gasteiger charge is -2.34. The van der Waals surface area contributed by atoms with Gasteiger partial charge in [0.2, 0.25) is 0 Å². The predicted octanol–water partition coefficient (Wildman–Crippen LogP) is 3.85. The van der Waals surface area contributed by atoms with Crippen molar-refractivity contribution < 1.29 is 9.84 Å². The summed E-state index contributed by atoms with van der Waals surface area (Å²) < 4.78 is 5.41. The summed E-state index contributed by atoms with van der Waals surface area (Å²) in [4.78, 5) is 8.02. The number of fused-ring (bicyclic) bond motifs is 1. The van der Waals surface area contributed by atoms with Crippen molar-refractivity contribution in [2.75, 3.05) is 40.3 Å². The van der Waals surface area contributed by atoms with Crippen LogP contribution in [-0.4, -0.2) is 66.3 Å². The molecule has 1 atom stereocenters. The van der Waals surface area contributed by atoms with E-state index in [4.69, 9.17) is 4.74 Å². The Bertz CT molecular complexity index is 932. The molecule has 5 nitrogen and oxygen atoms in total. The topological polar surface area (TPSA) is 51.7 Å². The zero-order valence-corrected chi connectivity index (χ0v) is 18.1. The number of hydrogen-bond donors (Lipinski definition) is 2. The summed E-state index contributed by atoms with van der Waals surface area (Å²) in [5.41, 5.74) is 3.85. The Hall–Kier alpha value is -2.34. The number of methoxy groups -OCH3 is 1. The van der Waals surface area contributed by atoms with Crippen LogP contribution < -0.4 is 4.74 Å². The molecule has 160 valence electrons. The second-order valence-electron chi connectivity index (χ2n) is 8.57. The van der Waals surface area contributed by atoms with E-state index in [-0.39, 0.29) is 6.10 Å². The van der Waals surface area contributed by atoms with Crippen molar-refractivity contribution in [2.45, 2.75) is 31.4 Å². The van der Waals surface area contributed by atoms with Gasteiger partial charge in [-0.2, -0.15) is 0 Å². The van der Waals surface area contributed by atoms with Gasteiger partial charge < -0.3 is 19.7 Å². The number of H-pyrrole nitrogens is 1. The van der Waals surface area contributed by atoms with E-state index >= 15 is 0 Å². The van der Waals surface area contributed by atoms with Crippen molar-refractivity contribution in [3.63, 3.8) is 0 Å². The van der Waals surface area contributed by atoms with E-state index < -0.39 is 0 Å². The van der Waals surface area contributed by atoms with Crippen molar-refractivity contribution in [1.29, 1.82) is 0 Å². The Morgan fingerprint density at radius 2 is 1.93 bits per heavy atom. The molecule has 4 rings (SSSR count). The summed E-state index contributed by atoms with van der Waals surface area (Å²) in [7, 11) is 3.79. The molecular weight excluding hydrogens is 374 g/mol. The maximum atomic E-state index is 10.6. The number of piperidine rings is 1. The number of aromatic nitrogens is 1. The van der Waals surface area contributed by atoms with Crippen LogP contribution in [0.3, 0.4) is 0 Å². The third-order valence-electron chi connectivity index (χ3n) is 6.24. The monoisotopic (exact) mass is 407 g/mol. The first-order valence-corrected chi connectivity index (χ1v) is 10.9. The molecule has 2 heterocycles. The highest BCUT2D eigenvalue weighted by Gasteiger charge is 2.24. The van der Waals surface area contributed by atoms with Gasteiger partial charge >= 0.3 is 0 Å². The van der Waals surface area contributed by atoms with Crippen molar-refractivity contribution in [2.24, 2.45) is 0 Å². The lowest BCUT2D eigenvalue weighted by Crippen LogP contribution is -2.42. The number of nitrogens with one attached hydrogen (secondary N) is 1.